The van der Waals surface area contributed by atoms with Crippen molar-refractivity contribution in [2.24, 2.45) is 5.73 Å². The van der Waals surface area contributed by atoms with Gasteiger partial charge in [0.05, 0.1) is 0 Å². The highest BCUT2D eigenvalue weighted by molar-refractivity contribution is 7.80. The average molecular weight is 186 g/mol. The summed E-state index contributed by atoms with van der Waals surface area (Å²) in [6.07, 6.45) is 0. The molecular formula is C8H8ClNS. The van der Waals surface area contributed by atoms with Crippen molar-refractivity contribution >= 4 is 28.8 Å². The maximum Gasteiger partial charge on any atom is 0.104 e. The molecule has 0 aliphatic carbocycles. The van der Waals surface area contributed by atoms with Crippen molar-refractivity contribution in [1.29, 1.82) is 0 Å². The third kappa shape index (κ3) is 1.91. The molecule has 0 saturated carbocycles. The summed E-state index contributed by atoms with van der Waals surface area (Å²) in [7, 11) is 0. The van der Waals surface area contributed by atoms with E-state index >= 15 is 0 Å². The zero-order chi connectivity index (χ0) is 8.43. The minimum absolute atomic E-state index is 0.394. The van der Waals surface area contributed by atoms with Crippen molar-refractivity contribution in [3.05, 3.63) is 34.3 Å². The van der Waals surface area contributed by atoms with Crippen LogP contribution >= 0.6 is 23.8 Å². The summed E-state index contributed by atoms with van der Waals surface area (Å²) in [4.78, 5) is 0.394. The first-order chi connectivity index (χ1) is 5.11. The molecule has 0 aliphatic heterocycles. The van der Waals surface area contributed by atoms with Crippen molar-refractivity contribution in [1.82, 2.24) is 0 Å². The van der Waals surface area contributed by atoms with Crippen LogP contribution in [0, 0.1) is 6.92 Å². The Hall–Kier alpha value is -0.600. The first-order valence-electron chi connectivity index (χ1n) is 3.17. The van der Waals surface area contributed by atoms with Gasteiger partial charge in [-0.1, -0.05) is 29.9 Å². The molecule has 0 spiro atoms. The van der Waals surface area contributed by atoms with Crippen LogP contribution in [-0.2, 0) is 0 Å². The van der Waals surface area contributed by atoms with E-state index in [2.05, 4.69) is 0 Å². The van der Waals surface area contributed by atoms with E-state index in [1.165, 1.54) is 0 Å². The van der Waals surface area contributed by atoms with Gasteiger partial charge in [0.1, 0.15) is 4.99 Å². The summed E-state index contributed by atoms with van der Waals surface area (Å²) >= 11 is 10.6. The van der Waals surface area contributed by atoms with E-state index < -0.39 is 0 Å². The lowest BCUT2D eigenvalue weighted by molar-refractivity contribution is 1.44. The van der Waals surface area contributed by atoms with E-state index in [4.69, 9.17) is 29.6 Å². The summed E-state index contributed by atoms with van der Waals surface area (Å²) in [5, 5.41) is 0.665. The summed E-state index contributed by atoms with van der Waals surface area (Å²) < 4.78 is 0. The molecule has 58 valence electrons. The Morgan fingerprint density at radius 2 is 2.18 bits per heavy atom. The number of nitrogens with two attached hydrogens (primary N) is 1. The molecule has 1 aromatic rings. The minimum atomic E-state index is 0.394. The fourth-order valence-corrected chi connectivity index (χ4v) is 1.25. The van der Waals surface area contributed by atoms with Crippen LogP contribution in [0.5, 0.6) is 0 Å². The van der Waals surface area contributed by atoms with Crippen LogP contribution in [0.25, 0.3) is 0 Å². The van der Waals surface area contributed by atoms with Crippen LogP contribution in [0.2, 0.25) is 5.02 Å². The van der Waals surface area contributed by atoms with E-state index in [1.807, 2.05) is 19.1 Å². The quantitative estimate of drug-likeness (QED) is 0.680. The second kappa shape index (κ2) is 3.20. The molecule has 0 unspecified atom stereocenters. The first kappa shape index (κ1) is 8.50. The molecule has 0 saturated heterocycles. The molecule has 0 atom stereocenters. The highest BCUT2D eigenvalue weighted by atomic mass is 35.5. The highest BCUT2D eigenvalue weighted by Crippen LogP contribution is 2.14. The predicted molar refractivity (Wildman–Crippen MR) is 52.1 cm³/mol. The Bertz CT molecular complexity index is 296. The highest BCUT2D eigenvalue weighted by Gasteiger charge is 2.00. The normalized spacial score (nSPS) is 9.64. The molecule has 0 aromatic heterocycles. The first-order valence-corrected chi connectivity index (χ1v) is 3.96. The van der Waals surface area contributed by atoms with Gasteiger partial charge in [-0.2, -0.15) is 0 Å². The monoisotopic (exact) mass is 185 g/mol. The molecule has 11 heavy (non-hydrogen) atoms. The zero-order valence-corrected chi connectivity index (χ0v) is 7.67. The summed E-state index contributed by atoms with van der Waals surface area (Å²) in [6, 6.07) is 5.49. The van der Waals surface area contributed by atoms with E-state index in [1.54, 1.807) is 6.07 Å². The number of benzene rings is 1. The number of hydrogen-bond donors (Lipinski definition) is 1. The number of hydrogen-bond acceptors (Lipinski definition) is 1. The van der Waals surface area contributed by atoms with E-state index in [0.29, 0.717) is 10.0 Å². The second-order valence-electron chi connectivity index (χ2n) is 2.32. The molecule has 1 rings (SSSR count). The van der Waals surface area contributed by atoms with Crippen molar-refractivity contribution in [2.75, 3.05) is 0 Å². The fourth-order valence-electron chi connectivity index (χ4n) is 0.860. The van der Waals surface area contributed by atoms with E-state index in [9.17, 15) is 0 Å². The molecule has 0 aliphatic rings. The smallest absolute Gasteiger partial charge is 0.104 e. The van der Waals surface area contributed by atoms with Crippen LogP contribution in [0.4, 0.5) is 0 Å². The summed E-state index contributed by atoms with van der Waals surface area (Å²) in [6.45, 7) is 1.95. The molecule has 0 heterocycles. The molecule has 1 aromatic carbocycles. The molecule has 2 N–H and O–H groups in total. The van der Waals surface area contributed by atoms with Gasteiger partial charge in [0.25, 0.3) is 0 Å². The van der Waals surface area contributed by atoms with Crippen molar-refractivity contribution in [3.63, 3.8) is 0 Å². The maximum absolute atomic E-state index is 5.75. The van der Waals surface area contributed by atoms with Gasteiger partial charge in [-0.15, -0.1) is 0 Å². The molecule has 0 bridgehead atoms. The largest absolute Gasteiger partial charge is 0.389 e. The third-order valence-electron chi connectivity index (χ3n) is 1.47. The number of aryl methyl sites for hydroxylation is 1. The zero-order valence-electron chi connectivity index (χ0n) is 6.10. The lowest BCUT2D eigenvalue weighted by Crippen LogP contribution is -2.10. The van der Waals surface area contributed by atoms with E-state index in [-0.39, 0.29) is 0 Å². The predicted octanol–water partition coefficient (Wildman–Crippen LogP) is 2.28. The molecule has 1 nitrogen and oxygen atoms in total. The number of thiocarbonyl (C=S) groups is 1. The summed E-state index contributed by atoms with van der Waals surface area (Å²) in [5.74, 6) is 0. The molecule has 0 amide bonds. The Kier molecular flexibility index (Phi) is 2.47. The Labute approximate surface area is 76.2 Å². The minimum Gasteiger partial charge on any atom is -0.389 e. The Morgan fingerprint density at radius 3 is 2.64 bits per heavy atom. The van der Waals surface area contributed by atoms with Gasteiger partial charge in [-0.3, -0.25) is 0 Å². The van der Waals surface area contributed by atoms with Crippen LogP contribution < -0.4 is 5.73 Å². The van der Waals surface area contributed by atoms with Gasteiger partial charge in [0.15, 0.2) is 0 Å². The lowest BCUT2D eigenvalue weighted by atomic mass is 10.1. The second-order valence-corrected chi connectivity index (χ2v) is 3.20. The molecule has 0 radical (unpaired) electrons. The SMILES string of the molecule is Cc1ccc(Cl)cc1C(N)=S. The standard InChI is InChI=1S/C8H8ClNS/c1-5-2-3-6(9)4-7(5)8(10)11/h2-4H,1H3,(H2,10,11). The van der Waals surface area contributed by atoms with Crippen LogP contribution in [0.3, 0.4) is 0 Å². The maximum atomic E-state index is 5.75. The van der Waals surface area contributed by atoms with Gasteiger partial charge < -0.3 is 5.73 Å². The van der Waals surface area contributed by atoms with Crippen LogP contribution in [0.15, 0.2) is 18.2 Å². The van der Waals surface area contributed by atoms with Gasteiger partial charge in [-0.05, 0) is 24.6 Å². The molecular weight excluding hydrogens is 178 g/mol. The van der Waals surface area contributed by atoms with Crippen LogP contribution in [-0.4, -0.2) is 4.99 Å². The Morgan fingerprint density at radius 1 is 1.55 bits per heavy atom. The average Bonchev–Trinajstić information content (AvgIpc) is 1.94. The molecule has 0 fully saturated rings. The van der Waals surface area contributed by atoms with Gasteiger partial charge in [0, 0.05) is 10.6 Å². The fraction of sp³-hybridized carbons (Fsp3) is 0.125. The third-order valence-corrected chi connectivity index (χ3v) is 1.92. The van der Waals surface area contributed by atoms with Gasteiger partial charge in [0.2, 0.25) is 0 Å². The van der Waals surface area contributed by atoms with Crippen molar-refractivity contribution in [3.8, 4) is 0 Å². The number of halogens is 1. The topological polar surface area (TPSA) is 26.0 Å². The van der Waals surface area contributed by atoms with Gasteiger partial charge >= 0.3 is 0 Å². The van der Waals surface area contributed by atoms with E-state index in [0.717, 1.165) is 11.1 Å². The number of rotatable bonds is 1. The van der Waals surface area contributed by atoms with Crippen LogP contribution in [0.1, 0.15) is 11.1 Å². The van der Waals surface area contributed by atoms with Gasteiger partial charge in [-0.25, -0.2) is 0 Å². The molecule has 3 heteroatoms. The van der Waals surface area contributed by atoms with Crippen molar-refractivity contribution in [2.45, 2.75) is 6.92 Å². The lowest BCUT2D eigenvalue weighted by Gasteiger charge is -2.02. The van der Waals surface area contributed by atoms with Crippen molar-refractivity contribution < 1.29 is 0 Å². The Balaban J connectivity index is 3.23. The summed E-state index contributed by atoms with van der Waals surface area (Å²) in [5.41, 5.74) is 7.37.